The standard InChI is InChI=1S/C15H14N4O3S/c16-12-13(20)11-10(15(21)22)8(7-23-14(11)12)6-18-4-5-19-9(18)2-1-3-17-19/h1-5,11-12,14H,6-7,16H2/p+1/t11-,12+,14-/m0/s1. The summed E-state index contributed by atoms with van der Waals surface area (Å²) in [5.41, 5.74) is 7.66. The van der Waals surface area contributed by atoms with Gasteiger partial charge in [-0.25, -0.2) is 9.36 Å². The minimum absolute atomic E-state index is 0.102. The van der Waals surface area contributed by atoms with E-state index in [9.17, 15) is 14.7 Å². The lowest BCUT2D eigenvalue weighted by Crippen LogP contribution is -2.62. The van der Waals surface area contributed by atoms with Gasteiger partial charge in [0.1, 0.15) is 12.7 Å². The maximum Gasteiger partial charge on any atom is 0.332 e. The summed E-state index contributed by atoms with van der Waals surface area (Å²) in [5.74, 6) is -1.17. The highest BCUT2D eigenvalue weighted by Gasteiger charge is 2.54. The third-order valence-corrected chi connectivity index (χ3v) is 5.96. The minimum atomic E-state index is -1.02. The SMILES string of the molecule is N[C@@H]1C(=O)[C@@H]2C(C(=O)O)=C(C[n+]3ccn4ncccc43)CS[C@@H]21. The number of carboxylic acid groups (broad SMARTS) is 1. The van der Waals surface area contributed by atoms with Crippen molar-refractivity contribution in [3.05, 3.63) is 41.9 Å². The zero-order valence-electron chi connectivity index (χ0n) is 12.1. The lowest BCUT2D eigenvalue weighted by molar-refractivity contribution is -0.662. The first-order chi connectivity index (χ1) is 11.1. The molecule has 3 N–H and O–H groups in total. The number of aliphatic carboxylic acids is 1. The van der Waals surface area contributed by atoms with Gasteiger partial charge in [-0.05, 0) is 11.6 Å². The van der Waals surface area contributed by atoms with E-state index in [2.05, 4.69) is 5.10 Å². The molecule has 0 amide bonds. The molecule has 2 aromatic rings. The van der Waals surface area contributed by atoms with Crippen molar-refractivity contribution in [2.45, 2.75) is 17.8 Å². The topological polar surface area (TPSA) is 102 Å². The van der Waals surface area contributed by atoms with Crippen molar-refractivity contribution in [3.8, 4) is 0 Å². The maximum atomic E-state index is 12.0. The Labute approximate surface area is 135 Å². The van der Waals surface area contributed by atoms with Crippen molar-refractivity contribution >= 4 is 29.2 Å². The maximum absolute atomic E-state index is 12.0. The fourth-order valence-electron chi connectivity index (χ4n) is 3.31. The van der Waals surface area contributed by atoms with E-state index in [4.69, 9.17) is 5.73 Å². The summed E-state index contributed by atoms with van der Waals surface area (Å²) in [6.07, 6.45) is 5.37. The van der Waals surface area contributed by atoms with Gasteiger partial charge in [0.2, 0.25) is 0 Å². The average Bonchev–Trinajstić information content (AvgIpc) is 2.96. The number of thioether (sulfide) groups is 1. The largest absolute Gasteiger partial charge is 0.478 e. The van der Waals surface area contributed by atoms with Gasteiger partial charge >= 0.3 is 11.6 Å². The summed E-state index contributed by atoms with van der Waals surface area (Å²) in [5, 5.41) is 13.7. The summed E-state index contributed by atoms with van der Waals surface area (Å²) in [4.78, 5) is 23.7. The van der Waals surface area contributed by atoms with E-state index < -0.39 is 17.9 Å². The quantitative estimate of drug-likeness (QED) is 0.745. The number of fused-ring (bicyclic) bond motifs is 2. The number of aromatic nitrogens is 3. The number of hydrogen-bond acceptors (Lipinski definition) is 5. The van der Waals surface area contributed by atoms with Crippen LogP contribution in [0, 0.1) is 5.92 Å². The van der Waals surface area contributed by atoms with Crippen LogP contribution in [-0.4, -0.2) is 43.5 Å². The monoisotopic (exact) mass is 331 g/mol. The number of Topliss-reactive ketones (excluding diaryl/α,β-unsaturated/α-hetero) is 1. The van der Waals surface area contributed by atoms with E-state index in [1.807, 2.05) is 29.1 Å². The second kappa shape index (κ2) is 5.17. The first-order valence-corrected chi connectivity index (χ1v) is 8.30. The molecule has 0 saturated heterocycles. The number of rotatable bonds is 3. The van der Waals surface area contributed by atoms with Gasteiger partial charge in [-0.15, -0.1) is 4.52 Å². The molecule has 2 aromatic heterocycles. The summed E-state index contributed by atoms with van der Waals surface area (Å²) in [6, 6.07) is 3.21. The van der Waals surface area contributed by atoms with Crippen molar-refractivity contribution in [2.24, 2.45) is 11.7 Å². The third kappa shape index (κ3) is 2.09. The molecule has 1 aliphatic carbocycles. The van der Waals surface area contributed by atoms with Gasteiger partial charge in [0.15, 0.2) is 12.0 Å². The minimum Gasteiger partial charge on any atom is -0.478 e. The summed E-state index contributed by atoms with van der Waals surface area (Å²) < 4.78 is 3.67. The van der Waals surface area contributed by atoms with Crippen molar-refractivity contribution in [2.75, 3.05) is 5.75 Å². The van der Waals surface area contributed by atoms with Gasteiger partial charge in [-0.1, -0.05) is 5.10 Å². The van der Waals surface area contributed by atoms with E-state index >= 15 is 0 Å². The Morgan fingerprint density at radius 1 is 1.57 bits per heavy atom. The molecule has 1 aliphatic heterocycles. The highest BCUT2D eigenvalue weighted by molar-refractivity contribution is 8.00. The summed E-state index contributed by atoms with van der Waals surface area (Å²) in [6.45, 7) is 0.433. The van der Waals surface area contributed by atoms with Crippen LogP contribution in [0.5, 0.6) is 0 Å². The number of nitrogens with zero attached hydrogens (tertiary/aromatic N) is 3. The van der Waals surface area contributed by atoms with Crippen molar-refractivity contribution in [1.29, 1.82) is 0 Å². The van der Waals surface area contributed by atoms with Crippen LogP contribution in [0.15, 0.2) is 41.9 Å². The third-order valence-electron chi connectivity index (χ3n) is 4.49. The van der Waals surface area contributed by atoms with E-state index in [0.29, 0.717) is 12.3 Å². The normalized spacial score (nSPS) is 27.0. The van der Waals surface area contributed by atoms with Crippen molar-refractivity contribution in [3.63, 3.8) is 0 Å². The molecule has 3 atom stereocenters. The molecule has 118 valence electrons. The fraction of sp³-hybridized carbons (Fsp3) is 0.333. The molecule has 1 fully saturated rings. The predicted octanol–water partition coefficient (Wildman–Crippen LogP) is -0.355. The molecule has 1 saturated carbocycles. The van der Waals surface area contributed by atoms with E-state index in [0.717, 1.165) is 11.2 Å². The molecule has 23 heavy (non-hydrogen) atoms. The lowest BCUT2D eigenvalue weighted by atomic mass is 9.72. The Morgan fingerprint density at radius 3 is 3.17 bits per heavy atom. The molecule has 0 spiro atoms. The number of ketones is 1. The Balaban J connectivity index is 1.74. The average molecular weight is 331 g/mol. The second-order valence-electron chi connectivity index (χ2n) is 5.76. The van der Waals surface area contributed by atoms with Crippen LogP contribution < -0.4 is 10.3 Å². The lowest BCUT2D eigenvalue weighted by Gasteiger charge is -2.44. The summed E-state index contributed by atoms with van der Waals surface area (Å²) in [7, 11) is 0. The predicted molar refractivity (Wildman–Crippen MR) is 82.8 cm³/mol. The molecule has 0 aromatic carbocycles. The molecule has 0 radical (unpaired) electrons. The molecule has 8 heteroatoms. The van der Waals surface area contributed by atoms with Crippen LogP contribution in [0.2, 0.25) is 0 Å². The zero-order valence-corrected chi connectivity index (χ0v) is 12.9. The summed E-state index contributed by atoms with van der Waals surface area (Å²) >= 11 is 1.58. The number of carboxylic acids is 1. The number of carbonyl (C=O) groups is 2. The Morgan fingerprint density at radius 2 is 2.39 bits per heavy atom. The van der Waals surface area contributed by atoms with E-state index in [1.165, 1.54) is 0 Å². The molecular weight excluding hydrogens is 316 g/mol. The Bertz CT molecular complexity index is 859. The van der Waals surface area contributed by atoms with Gasteiger partial charge in [-0.2, -0.15) is 11.8 Å². The number of nitrogens with two attached hydrogens (primary N) is 1. The number of hydrogen-bond donors (Lipinski definition) is 2. The van der Waals surface area contributed by atoms with E-state index in [1.54, 1.807) is 22.5 Å². The van der Waals surface area contributed by atoms with Crippen LogP contribution in [0.4, 0.5) is 0 Å². The number of imidazole rings is 1. The van der Waals surface area contributed by atoms with Crippen LogP contribution >= 0.6 is 11.8 Å². The van der Waals surface area contributed by atoms with Gasteiger partial charge in [0, 0.05) is 17.1 Å². The van der Waals surface area contributed by atoms with Crippen molar-refractivity contribution in [1.82, 2.24) is 9.61 Å². The fourth-order valence-corrected chi connectivity index (χ4v) is 4.76. The molecule has 0 unspecified atom stereocenters. The smallest absolute Gasteiger partial charge is 0.332 e. The number of carbonyl (C=O) groups excluding carboxylic acids is 1. The van der Waals surface area contributed by atoms with Crippen LogP contribution in [0.3, 0.4) is 0 Å². The van der Waals surface area contributed by atoms with Gasteiger partial charge in [0.25, 0.3) is 0 Å². The van der Waals surface area contributed by atoms with Crippen LogP contribution in [0.25, 0.3) is 5.65 Å². The van der Waals surface area contributed by atoms with Gasteiger partial charge < -0.3 is 10.8 Å². The van der Waals surface area contributed by atoms with Crippen LogP contribution in [0.1, 0.15) is 0 Å². The molecule has 2 aliphatic rings. The van der Waals surface area contributed by atoms with Gasteiger partial charge in [-0.3, -0.25) is 4.79 Å². The molecular formula is C15H15N4O3S+. The van der Waals surface area contributed by atoms with Gasteiger partial charge in [0.05, 0.1) is 23.7 Å². The highest BCUT2D eigenvalue weighted by atomic mass is 32.2. The second-order valence-corrected chi connectivity index (χ2v) is 6.92. The molecule has 0 bridgehead atoms. The first-order valence-electron chi connectivity index (χ1n) is 7.26. The Hall–Kier alpha value is -2.19. The zero-order chi connectivity index (χ0) is 16.1. The molecule has 7 nitrogen and oxygen atoms in total. The van der Waals surface area contributed by atoms with Crippen molar-refractivity contribution < 1.29 is 19.3 Å². The van der Waals surface area contributed by atoms with Crippen LogP contribution in [-0.2, 0) is 16.1 Å². The Kier molecular flexibility index (Phi) is 3.24. The molecule has 3 heterocycles. The highest BCUT2D eigenvalue weighted by Crippen LogP contribution is 2.44. The first kappa shape index (κ1) is 14.4. The molecule has 4 rings (SSSR count). The van der Waals surface area contributed by atoms with E-state index in [-0.39, 0.29) is 16.6 Å².